The quantitative estimate of drug-likeness (QED) is 0.218. The van der Waals surface area contributed by atoms with Gasteiger partial charge in [-0.1, -0.05) is 5.16 Å². The first-order valence-electron chi connectivity index (χ1n) is 5.44. The van der Waals surface area contributed by atoms with Gasteiger partial charge in [-0.3, -0.25) is 9.78 Å². The number of carboxylic acids is 1. The van der Waals surface area contributed by atoms with Crippen LogP contribution in [-0.4, -0.2) is 32.5 Å². The zero-order valence-corrected chi connectivity index (χ0v) is 10.1. The molecule has 0 aliphatic carbocycles. The molecular weight excluding hydrogens is 266 g/mol. The molecule has 2 aromatic rings. The highest BCUT2D eigenvalue weighted by atomic mass is 16.4. The fraction of sp³-hybridized carbons (Fsp3) is 0.0909. The predicted molar refractivity (Wildman–Crippen MR) is 71.9 cm³/mol. The number of hydrogen-bond donors (Lipinski definition) is 5. The lowest BCUT2D eigenvalue weighted by Crippen LogP contribution is -2.15. The van der Waals surface area contributed by atoms with Crippen LogP contribution in [0.3, 0.4) is 0 Å². The number of aliphatic carboxylic acids is 1. The van der Waals surface area contributed by atoms with Gasteiger partial charge in [0.05, 0.1) is 18.2 Å². The largest absolute Gasteiger partial charge is 0.481 e. The van der Waals surface area contributed by atoms with Gasteiger partial charge in [0.25, 0.3) is 0 Å². The van der Waals surface area contributed by atoms with E-state index in [9.17, 15) is 9.59 Å². The van der Waals surface area contributed by atoms with Crippen LogP contribution in [0.1, 0.15) is 11.1 Å². The normalized spacial score (nSPS) is 11.2. The fourth-order valence-electron chi connectivity index (χ4n) is 1.90. The summed E-state index contributed by atoms with van der Waals surface area (Å²) in [5.74, 6) is -1.06. The maximum absolute atomic E-state index is 11.3. The van der Waals surface area contributed by atoms with Crippen molar-refractivity contribution in [3.63, 3.8) is 0 Å². The van der Waals surface area contributed by atoms with E-state index >= 15 is 0 Å². The van der Waals surface area contributed by atoms with Gasteiger partial charge in [0.15, 0.2) is 0 Å². The molecule has 0 radical (unpaired) electrons. The molecule has 0 saturated carbocycles. The Morgan fingerprint density at radius 2 is 2.20 bits per heavy atom. The van der Waals surface area contributed by atoms with Gasteiger partial charge >= 0.3 is 11.7 Å². The standard InChI is InChI=1S/C11H11N5O4/c12-8-4(2-7(17)18)1-5-9(6(8)3-14-20)15-11(19)16-10(5)13/h1,3,20H,2,12H2,(H,17,18)(H3,13,15,16,19)/b14-3+. The first-order valence-corrected chi connectivity index (χ1v) is 5.44. The van der Waals surface area contributed by atoms with E-state index in [0.717, 1.165) is 6.21 Å². The summed E-state index contributed by atoms with van der Waals surface area (Å²) in [4.78, 5) is 28.2. The van der Waals surface area contributed by atoms with Crippen molar-refractivity contribution in [1.82, 2.24) is 9.97 Å². The highest BCUT2D eigenvalue weighted by Gasteiger charge is 2.15. The van der Waals surface area contributed by atoms with Gasteiger partial charge < -0.3 is 21.8 Å². The summed E-state index contributed by atoms with van der Waals surface area (Å²) in [5.41, 5.74) is 11.4. The van der Waals surface area contributed by atoms with Crippen LogP contribution in [0.15, 0.2) is 16.0 Å². The number of H-pyrrole nitrogens is 1. The molecule has 104 valence electrons. The molecule has 7 N–H and O–H groups in total. The minimum Gasteiger partial charge on any atom is -0.481 e. The average Bonchev–Trinajstić information content (AvgIpc) is 2.35. The van der Waals surface area contributed by atoms with Crippen molar-refractivity contribution in [3.05, 3.63) is 27.7 Å². The zero-order chi connectivity index (χ0) is 14.9. The van der Waals surface area contributed by atoms with Gasteiger partial charge in [-0.25, -0.2) is 4.79 Å². The van der Waals surface area contributed by atoms with Gasteiger partial charge in [-0.2, -0.15) is 4.98 Å². The van der Waals surface area contributed by atoms with Crippen molar-refractivity contribution in [2.75, 3.05) is 11.5 Å². The Morgan fingerprint density at radius 3 is 2.80 bits per heavy atom. The number of benzene rings is 1. The lowest BCUT2D eigenvalue weighted by molar-refractivity contribution is -0.136. The van der Waals surface area contributed by atoms with Gasteiger partial charge in [-0.05, 0) is 11.6 Å². The SMILES string of the molecule is Nc1c(CC(=O)O)cc2c(N)[nH]c(=O)nc2c1/C=N/O. The predicted octanol–water partition coefficient (Wildman–Crippen LogP) is -0.477. The molecule has 9 heteroatoms. The van der Waals surface area contributed by atoms with Crippen LogP contribution in [0.2, 0.25) is 0 Å². The third-order valence-corrected chi connectivity index (χ3v) is 2.74. The van der Waals surface area contributed by atoms with Crippen LogP contribution in [-0.2, 0) is 11.2 Å². The smallest absolute Gasteiger partial charge is 0.347 e. The Hall–Kier alpha value is -3.10. The Labute approximate surface area is 111 Å². The molecule has 1 heterocycles. The number of carboxylic acid groups (broad SMARTS) is 1. The van der Waals surface area contributed by atoms with Crippen molar-refractivity contribution < 1.29 is 15.1 Å². The van der Waals surface area contributed by atoms with Crippen molar-refractivity contribution >= 4 is 34.6 Å². The molecule has 1 aromatic carbocycles. The number of anilines is 2. The number of nitrogens with zero attached hydrogens (tertiary/aromatic N) is 2. The molecule has 0 fully saturated rings. The van der Waals surface area contributed by atoms with E-state index in [-0.39, 0.29) is 34.6 Å². The summed E-state index contributed by atoms with van der Waals surface area (Å²) in [6, 6.07) is 1.44. The molecule has 0 bridgehead atoms. The topological polar surface area (TPSA) is 168 Å². The Bertz CT molecular complexity index is 780. The van der Waals surface area contributed by atoms with Gasteiger partial charge in [0.1, 0.15) is 5.82 Å². The lowest BCUT2D eigenvalue weighted by Gasteiger charge is -2.11. The molecule has 0 unspecified atom stereocenters. The number of oxime groups is 1. The molecular formula is C11H11N5O4. The minimum absolute atomic E-state index is 0.0271. The van der Waals surface area contributed by atoms with Crippen LogP contribution in [0.5, 0.6) is 0 Å². The number of aromatic amines is 1. The average molecular weight is 277 g/mol. The fourth-order valence-corrected chi connectivity index (χ4v) is 1.90. The van der Waals surface area contributed by atoms with Crippen LogP contribution in [0, 0.1) is 0 Å². The monoisotopic (exact) mass is 277 g/mol. The molecule has 0 aliphatic rings. The molecule has 0 aliphatic heterocycles. The van der Waals surface area contributed by atoms with E-state index in [2.05, 4.69) is 15.1 Å². The minimum atomic E-state index is -1.08. The molecule has 0 atom stereocenters. The van der Waals surface area contributed by atoms with Crippen LogP contribution < -0.4 is 17.2 Å². The van der Waals surface area contributed by atoms with Crippen LogP contribution in [0.4, 0.5) is 11.5 Å². The highest BCUT2D eigenvalue weighted by molar-refractivity contribution is 6.06. The Morgan fingerprint density at radius 1 is 1.50 bits per heavy atom. The number of carbonyl (C=O) groups is 1. The molecule has 9 nitrogen and oxygen atoms in total. The lowest BCUT2D eigenvalue weighted by atomic mass is 10.0. The number of fused-ring (bicyclic) bond motifs is 1. The molecule has 1 aromatic heterocycles. The zero-order valence-electron chi connectivity index (χ0n) is 10.1. The number of rotatable bonds is 3. The Balaban J connectivity index is 2.90. The van der Waals surface area contributed by atoms with Gasteiger partial charge in [0.2, 0.25) is 0 Å². The van der Waals surface area contributed by atoms with E-state index in [4.69, 9.17) is 21.8 Å². The summed E-state index contributed by atoms with van der Waals surface area (Å²) in [6.45, 7) is 0. The number of nitrogens with two attached hydrogens (primary N) is 2. The number of hydrogen-bond acceptors (Lipinski definition) is 7. The second-order valence-electron chi connectivity index (χ2n) is 4.03. The first-order chi connectivity index (χ1) is 9.43. The molecule has 20 heavy (non-hydrogen) atoms. The molecule has 0 spiro atoms. The maximum Gasteiger partial charge on any atom is 0.347 e. The van der Waals surface area contributed by atoms with E-state index in [1.165, 1.54) is 6.07 Å². The second kappa shape index (κ2) is 4.88. The van der Waals surface area contributed by atoms with Crippen molar-refractivity contribution in [3.8, 4) is 0 Å². The maximum atomic E-state index is 11.3. The van der Waals surface area contributed by atoms with Crippen molar-refractivity contribution in [2.24, 2.45) is 5.16 Å². The number of aromatic nitrogens is 2. The third kappa shape index (κ3) is 2.23. The van der Waals surface area contributed by atoms with E-state index < -0.39 is 11.7 Å². The number of nitrogen functional groups attached to an aromatic ring is 2. The molecule has 2 rings (SSSR count). The van der Waals surface area contributed by atoms with Crippen molar-refractivity contribution in [1.29, 1.82) is 0 Å². The van der Waals surface area contributed by atoms with E-state index in [1.807, 2.05) is 0 Å². The number of nitrogens with one attached hydrogen (secondary N) is 1. The first kappa shape index (κ1) is 13.3. The summed E-state index contributed by atoms with van der Waals surface area (Å²) in [5, 5.41) is 20.7. The third-order valence-electron chi connectivity index (χ3n) is 2.74. The van der Waals surface area contributed by atoms with Crippen molar-refractivity contribution in [2.45, 2.75) is 6.42 Å². The highest BCUT2D eigenvalue weighted by Crippen LogP contribution is 2.27. The van der Waals surface area contributed by atoms with Crippen LogP contribution in [0.25, 0.3) is 10.9 Å². The van der Waals surface area contributed by atoms with Gasteiger partial charge in [0, 0.05) is 16.6 Å². The summed E-state index contributed by atoms with van der Waals surface area (Å²) in [7, 11) is 0. The summed E-state index contributed by atoms with van der Waals surface area (Å²) >= 11 is 0. The van der Waals surface area contributed by atoms with Gasteiger partial charge in [-0.15, -0.1) is 0 Å². The molecule has 0 saturated heterocycles. The Kier molecular flexibility index (Phi) is 3.25. The molecule has 0 amide bonds. The van der Waals surface area contributed by atoms with E-state index in [1.54, 1.807) is 0 Å². The summed E-state index contributed by atoms with van der Waals surface area (Å²) in [6.07, 6.45) is 0.640. The second-order valence-corrected chi connectivity index (χ2v) is 4.03. The summed E-state index contributed by atoms with van der Waals surface area (Å²) < 4.78 is 0. The van der Waals surface area contributed by atoms with E-state index in [0.29, 0.717) is 5.39 Å². The van der Waals surface area contributed by atoms with Crippen LogP contribution >= 0.6 is 0 Å².